The number of carbonyl (C=O) groups excluding carboxylic acids is 1. The topological polar surface area (TPSA) is 157 Å². The molecule has 25 heavy (non-hydrogen) atoms. The average molecular weight is 359 g/mol. The molecule has 148 valence electrons. The van der Waals surface area contributed by atoms with Gasteiger partial charge < -0.3 is 32.9 Å². The Kier molecular flexibility index (Phi) is 14.1. The van der Waals surface area contributed by atoms with Crippen LogP contribution in [0.25, 0.3) is 0 Å². The van der Waals surface area contributed by atoms with E-state index >= 15 is 0 Å². The van der Waals surface area contributed by atoms with E-state index in [0.29, 0.717) is 26.1 Å². The van der Waals surface area contributed by atoms with Crippen LogP contribution in [0.15, 0.2) is 4.99 Å². The van der Waals surface area contributed by atoms with Gasteiger partial charge in [0, 0.05) is 25.6 Å². The fourth-order valence-corrected chi connectivity index (χ4v) is 2.66. The van der Waals surface area contributed by atoms with Crippen LogP contribution in [-0.2, 0) is 4.79 Å². The first kappa shape index (κ1) is 23.6. The number of unbranched alkanes of at least 4 members (excludes halogenated alkanes) is 3. The van der Waals surface area contributed by atoms with Crippen molar-refractivity contribution in [3.8, 4) is 0 Å². The van der Waals surface area contributed by atoms with Crippen LogP contribution in [0, 0.1) is 0 Å². The number of guanidine groups is 1. The number of amides is 1. The Morgan fingerprint density at radius 2 is 1.72 bits per heavy atom. The van der Waals surface area contributed by atoms with Gasteiger partial charge in [-0.25, -0.2) is 0 Å². The predicted molar refractivity (Wildman–Crippen MR) is 103 cm³/mol. The summed E-state index contributed by atoms with van der Waals surface area (Å²) in [5.41, 5.74) is 22.0. The maximum atomic E-state index is 12.3. The lowest BCUT2D eigenvalue weighted by Crippen LogP contribution is -2.39. The molecule has 0 radical (unpaired) electrons. The van der Waals surface area contributed by atoms with Gasteiger partial charge in [0.15, 0.2) is 5.96 Å². The lowest BCUT2D eigenvalue weighted by molar-refractivity contribution is -0.140. The summed E-state index contributed by atoms with van der Waals surface area (Å²) in [4.78, 5) is 17.7. The molecule has 2 unspecified atom stereocenters. The molecular weight excluding hydrogens is 320 g/mol. The predicted octanol–water partition coefficient (Wildman–Crippen LogP) is 0.224. The Morgan fingerprint density at radius 3 is 2.32 bits per heavy atom. The van der Waals surface area contributed by atoms with Crippen molar-refractivity contribution >= 4 is 11.9 Å². The van der Waals surface area contributed by atoms with Gasteiger partial charge in [-0.3, -0.25) is 9.79 Å². The number of aliphatic hydroxyl groups is 1. The van der Waals surface area contributed by atoms with Crippen molar-refractivity contribution in [2.24, 2.45) is 27.9 Å². The van der Waals surface area contributed by atoms with Crippen LogP contribution in [-0.4, -0.2) is 53.8 Å². The van der Waals surface area contributed by atoms with E-state index < -0.39 is 6.23 Å². The Hall–Kier alpha value is -1.38. The number of nitrogens with two attached hydrogens (primary N) is 4. The third kappa shape index (κ3) is 13.6. The molecule has 2 atom stereocenters. The molecule has 0 fully saturated rings. The van der Waals surface area contributed by atoms with E-state index in [1.165, 1.54) is 4.90 Å². The minimum absolute atomic E-state index is 0.00486. The molecule has 8 heteroatoms. The SMILES string of the molecule is CC(O)N(CCCC(N)CCCN)C(=O)CCCCCCN=C(N)N. The first-order valence-electron chi connectivity index (χ1n) is 9.37. The van der Waals surface area contributed by atoms with E-state index in [9.17, 15) is 9.90 Å². The zero-order chi connectivity index (χ0) is 19.1. The van der Waals surface area contributed by atoms with E-state index in [2.05, 4.69) is 4.99 Å². The minimum Gasteiger partial charge on any atom is -0.374 e. The number of hydrogen-bond donors (Lipinski definition) is 5. The fourth-order valence-electron chi connectivity index (χ4n) is 2.66. The Labute approximate surface area is 152 Å². The number of hydrogen-bond acceptors (Lipinski definition) is 5. The van der Waals surface area contributed by atoms with E-state index in [1.54, 1.807) is 6.92 Å². The lowest BCUT2D eigenvalue weighted by atomic mass is 10.1. The van der Waals surface area contributed by atoms with E-state index in [4.69, 9.17) is 22.9 Å². The van der Waals surface area contributed by atoms with Crippen molar-refractivity contribution < 1.29 is 9.90 Å². The molecule has 0 aliphatic heterocycles. The molecule has 0 aromatic carbocycles. The molecule has 1 amide bonds. The highest BCUT2D eigenvalue weighted by Gasteiger charge is 2.17. The highest BCUT2D eigenvalue weighted by Crippen LogP contribution is 2.10. The molecule has 0 aliphatic rings. The summed E-state index contributed by atoms with van der Waals surface area (Å²) in [5.74, 6) is 0.111. The maximum absolute atomic E-state index is 12.3. The normalized spacial score (nSPS) is 13.3. The van der Waals surface area contributed by atoms with E-state index in [-0.39, 0.29) is 17.9 Å². The van der Waals surface area contributed by atoms with Crippen molar-refractivity contribution in [2.45, 2.75) is 77.0 Å². The third-order valence-electron chi connectivity index (χ3n) is 4.12. The van der Waals surface area contributed by atoms with Gasteiger partial charge in [-0.1, -0.05) is 12.8 Å². The molecule has 0 aliphatic carbocycles. The minimum atomic E-state index is -0.769. The molecule has 0 heterocycles. The van der Waals surface area contributed by atoms with E-state index in [1.807, 2.05) is 0 Å². The highest BCUT2D eigenvalue weighted by atomic mass is 16.3. The van der Waals surface area contributed by atoms with Crippen LogP contribution in [0.3, 0.4) is 0 Å². The summed E-state index contributed by atoms with van der Waals surface area (Å²) in [6.07, 6.45) is 6.77. The van der Waals surface area contributed by atoms with Gasteiger partial charge in [0.25, 0.3) is 0 Å². The standard InChI is InChI=1S/C17H38N6O2/c1-14(24)23(13-7-9-15(19)8-6-11-18)16(25)10-4-2-3-5-12-22-17(20)21/h14-15,24H,2-13,18-19H2,1H3,(H4,20,21,22). The van der Waals surface area contributed by atoms with Crippen molar-refractivity contribution in [1.82, 2.24) is 4.90 Å². The van der Waals surface area contributed by atoms with E-state index in [0.717, 1.165) is 51.4 Å². The molecule has 0 aromatic heterocycles. The zero-order valence-corrected chi connectivity index (χ0v) is 15.7. The maximum Gasteiger partial charge on any atom is 0.224 e. The van der Waals surface area contributed by atoms with Gasteiger partial charge in [-0.2, -0.15) is 0 Å². The van der Waals surface area contributed by atoms with Crippen LogP contribution >= 0.6 is 0 Å². The van der Waals surface area contributed by atoms with Gasteiger partial charge >= 0.3 is 0 Å². The number of aliphatic imine (C=N–C) groups is 1. The van der Waals surface area contributed by atoms with Gasteiger partial charge in [-0.15, -0.1) is 0 Å². The fraction of sp³-hybridized carbons (Fsp3) is 0.882. The second kappa shape index (κ2) is 14.9. The molecule has 0 saturated carbocycles. The second-order valence-corrected chi connectivity index (χ2v) is 6.52. The summed E-state index contributed by atoms with van der Waals surface area (Å²) in [7, 11) is 0. The smallest absolute Gasteiger partial charge is 0.224 e. The molecule has 0 saturated heterocycles. The van der Waals surface area contributed by atoms with Crippen molar-refractivity contribution in [2.75, 3.05) is 19.6 Å². The second-order valence-electron chi connectivity index (χ2n) is 6.52. The van der Waals surface area contributed by atoms with Gasteiger partial charge in [-0.05, 0) is 52.0 Å². The summed E-state index contributed by atoms with van der Waals surface area (Å²) in [6, 6.07) is 0.111. The zero-order valence-electron chi connectivity index (χ0n) is 15.7. The largest absolute Gasteiger partial charge is 0.374 e. The quantitative estimate of drug-likeness (QED) is 0.122. The van der Waals surface area contributed by atoms with Gasteiger partial charge in [0.2, 0.25) is 5.91 Å². The Morgan fingerprint density at radius 1 is 1.08 bits per heavy atom. The first-order chi connectivity index (χ1) is 11.9. The monoisotopic (exact) mass is 358 g/mol. The third-order valence-corrected chi connectivity index (χ3v) is 4.12. The summed E-state index contributed by atoms with van der Waals surface area (Å²) in [5, 5.41) is 9.83. The van der Waals surface area contributed by atoms with Crippen LogP contribution < -0.4 is 22.9 Å². The highest BCUT2D eigenvalue weighted by molar-refractivity contribution is 5.76. The average Bonchev–Trinajstić information content (AvgIpc) is 2.55. The summed E-state index contributed by atoms with van der Waals surface area (Å²) < 4.78 is 0. The van der Waals surface area contributed by atoms with Crippen molar-refractivity contribution in [1.29, 1.82) is 0 Å². The van der Waals surface area contributed by atoms with Crippen LogP contribution in [0.1, 0.15) is 64.7 Å². The van der Waals surface area contributed by atoms with Gasteiger partial charge in [0.1, 0.15) is 6.23 Å². The molecule has 9 N–H and O–H groups in total. The van der Waals surface area contributed by atoms with Crippen LogP contribution in [0.5, 0.6) is 0 Å². The molecule has 0 rings (SSSR count). The molecule has 0 spiro atoms. The van der Waals surface area contributed by atoms with Crippen LogP contribution in [0.2, 0.25) is 0 Å². The van der Waals surface area contributed by atoms with Crippen molar-refractivity contribution in [3.05, 3.63) is 0 Å². The Balaban J connectivity index is 3.94. The number of carbonyl (C=O) groups is 1. The first-order valence-corrected chi connectivity index (χ1v) is 9.37. The molecule has 0 aromatic rings. The summed E-state index contributed by atoms with van der Waals surface area (Å²) >= 11 is 0. The van der Waals surface area contributed by atoms with Crippen LogP contribution in [0.4, 0.5) is 0 Å². The summed E-state index contributed by atoms with van der Waals surface area (Å²) in [6.45, 7) is 3.44. The number of nitrogens with zero attached hydrogens (tertiary/aromatic N) is 2. The lowest BCUT2D eigenvalue weighted by Gasteiger charge is -2.26. The van der Waals surface area contributed by atoms with Crippen molar-refractivity contribution in [3.63, 3.8) is 0 Å². The molecular formula is C17H38N6O2. The van der Waals surface area contributed by atoms with Gasteiger partial charge in [0.05, 0.1) is 0 Å². The number of rotatable bonds is 15. The number of aliphatic hydroxyl groups excluding tert-OH is 1. The molecule has 0 bridgehead atoms. The molecule has 8 nitrogen and oxygen atoms in total. The Bertz CT molecular complexity index is 372.